The van der Waals surface area contributed by atoms with E-state index >= 15 is 0 Å². The molecule has 0 aliphatic rings. The molecule has 7 nitrogen and oxygen atoms in total. The molecule has 3 heterocycles. The van der Waals surface area contributed by atoms with Gasteiger partial charge in [0.2, 0.25) is 5.56 Å². The molecule has 4 rings (SSSR count). The van der Waals surface area contributed by atoms with Crippen LogP contribution in [-0.4, -0.2) is 20.1 Å². The minimum Gasteiger partial charge on any atom is -0.354 e. The third-order valence-corrected chi connectivity index (χ3v) is 4.19. The summed E-state index contributed by atoms with van der Waals surface area (Å²) in [5.41, 5.74) is 10.4. The summed E-state index contributed by atoms with van der Waals surface area (Å²) < 4.78 is 5.47. The topological polar surface area (TPSA) is 111 Å². The van der Waals surface area contributed by atoms with Gasteiger partial charge in [0.1, 0.15) is 11.4 Å². The summed E-state index contributed by atoms with van der Waals surface area (Å²) in [6.45, 7) is 1.94. The fraction of sp³-hybridized carbons (Fsp3) is 0.100. The molecule has 0 saturated carbocycles. The molecule has 134 valence electrons. The smallest absolute Gasteiger partial charge is 0.247 e. The first kappa shape index (κ1) is 16.9. The number of hydrogen-bond acceptors (Lipinski definition) is 6. The molecule has 0 aliphatic heterocycles. The Morgan fingerprint density at radius 2 is 1.89 bits per heavy atom. The summed E-state index contributed by atoms with van der Waals surface area (Å²) in [5.74, 6) is 0.509. The maximum Gasteiger partial charge on any atom is 0.247 e. The lowest BCUT2D eigenvalue weighted by Gasteiger charge is -2.06. The molecule has 0 aliphatic carbocycles. The molecule has 0 amide bonds. The van der Waals surface area contributed by atoms with Gasteiger partial charge in [-0.1, -0.05) is 23.4 Å². The van der Waals surface area contributed by atoms with Gasteiger partial charge in [0.05, 0.1) is 18.1 Å². The van der Waals surface area contributed by atoms with Crippen LogP contribution in [0.2, 0.25) is 0 Å². The van der Waals surface area contributed by atoms with Crippen LogP contribution in [0, 0.1) is 0 Å². The molecule has 4 aromatic rings. The van der Waals surface area contributed by atoms with Crippen molar-refractivity contribution in [3.05, 3.63) is 77.0 Å². The van der Waals surface area contributed by atoms with E-state index < -0.39 is 0 Å². The van der Waals surface area contributed by atoms with Crippen LogP contribution in [0.1, 0.15) is 18.5 Å². The maximum atomic E-state index is 11.2. The van der Waals surface area contributed by atoms with Crippen molar-refractivity contribution in [1.82, 2.24) is 20.1 Å². The van der Waals surface area contributed by atoms with Crippen molar-refractivity contribution in [3.63, 3.8) is 0 Å². The molecule has 1 atom stereocenters. The Bertz CT molecular complexity index is 1130. The highest BCUT2D eigenvalue weighted by Gasteiger charge is 2.12. The normalized spacial score (nSPS) is 12.1. The molecule has 3 N–H and O–H groups in total. The monoisotopic (exact) mass is 359 g/mol. The Morgan fingerprint density at radius 1 is 1.04 bits per heavy atom. The first-order valence-corrected chi connectivity index (χ1v) is 8.44. The van der Waals surface area contributed by atoms with E-state index in [1.807, 2.05) is 37.3 Å². The highest BCUT2D eigenvalue weighted by molar-refractivity contribution is 5.67. The number of hydrogen-bond donors (Lipinski definition) is 2. The lowest BCUT2D eigenvalue weighted by molar-refractivity contribution is 0.433. The molecule has 3 aromatic heterocycles. The molecule has 7 heteroatoms. The average Bonchev–Trinajstić information content (AvgIpc) is 3.19. The van der Waals surface area contributed by atoms with Gasteiger partial charge in [-0.2, -0.15) is 0 Å². The fourth-order valence-electron chi connectivity index (χ4n) is 2.71. The standard InChI is InChI=1S/C20H17N5O2/c1-12(21)13-3-2-4-14(7-13)16-8-19(27-25-16)18-11-22-10-17(24-18)15-5-6-20(26)23-9-15/h2-12H,21H2,1H3,(H,23,26). The largest absolute Gasteiger partial charge is 0.354 e. The van der Waals surface area contributed by atoms with Gasteiger partial charge < -0.3 is 15.2 Å². The first-order chi connectivity index (χ1) is 13.1. The van der Waals surface area contributed by atoms with E-state index in [2.05, 4.69) is 20.1 Å². The molecule has 0 bridgehead atoms. The fourth-order valence-corrected chi connectivity index (χ4v) is 2.71. The van der Waals surface area contributed by atoms with Crippen LogP contribution in [0.25, 0.3) is 34.0 Å². The molecule has 0 spiro atoms. The Hall–Kier alpha value is -3.58. The average molecular weight is 359 g/mol. The van der Waals surface area contributed by atoms with E-state index in [0.717, 1.165) is 16.7 Å². The lowest BCUT2D eigenvalue weighted by Crippen LogP contribution is -2.04. The number of aromatic amines is 1. The van der Waals surface area contributed by atoms with Crippen molar-refractivity contribution in [2.75, 3.05) is 0 Å². The van der Waals surface area contributed by atoms with Gasteiger partial charge in [-0.25, -0.2) is 4.98 Å². The van der Waals surface area contributed by atoms with Gasteiger partial charge in [-0.3, -0.25) is 9.78 Å². The predicted molar refractivity (Wildman–Crippen MR) is 102 cm³/mol. The summed E-state index contributed by atoms with van der Waals surface area (Å²) in [5, 5.41) is 4.15. The van der Waals surface area contributed by atoms with Crippen LogP contribution < -0.4 is 11.3 Å². The minimum atomic E-state index is -0.170. The van der Waals surface area contributed by atoms with Gasteiger partial charge in [-0.05, 0) is 24.6 Å². The van der Waals surface area contributed by atoms with Gasteiger partial charge in [0.25, 0.3) is 0 Å². The Labute approximate surface area is 154 Å². The number of aromatic nitrogens is 4. The second-order valence-electron chi connectivity index (χ2n) is 6.22. The molecule has 1 unspecified atom stereocenters. The maximum absolute atomic E-state index is 11.2. The zero-order valence-electron chi connectivity index (χ0n) is 14.6. The summed E-state index contributed by atoms with van der Waals surface area (Å²) in [7, 11) is 0. The number of benzene rings is 1. The quantitative estimate of drug-likeness (QED) is 0.579. The van der Waals surface area contributed by atoms with Crippen LogP contribution in [-0.2, 0) is 0 Å². The van der Waals surface area contributed by atoms with E-state index in [-0.39, 0.29) is 11.6 Å². The van der Waals surface area contributed by atoms with E-state index in [9.17, 15) is 4.79 Å². The molecule has 0 fully saturated rings. The van der Waals surface area contributed by atoms with Gasteiger partial charge in [-0.15, -0.1) is 0 Å². The Morgan fingerprint density at radius 3 is 2.67 bits per heavy atom. The second kappa shape index (κ2) is 6.97. The first-order valence-electron chi connectivity index (χ1n) is 8.44. The number of nitrogens with zero attached hydrogens (tertiary/aromatic N) is 3. The molecular formula is C20H17N5O2. The minimum absolute atomic E-state index is 0.0591. The van der Waals surface area contributed by atoms with Crippen LogP contribution >= 0.6 is 0 Å². The second-order valence-corrected chi connectivity index (χ2v) is 6.22. The van der Waals surface area contributed by atoms with E-state index in [0.29, 0.717) is 22.8 Å². The number of nitrogens with one attached hydrogen (secondary N) is 1. The highest BCUT2D eigenvalue weighted by Crippen LogP contribution is 2.27. The van der Waals surface area contributed by atoms with Gasteiger partial charge >= 0.3 is 0 Å². The third-order valence-electron chi connectivity index (χ3n) is 4.19. The number of pyridine rings is 1. The molecule has 0 saturated heterocycles. The Balaban J connectivity index is 1.67. The molecule has 27 heavy (non-hydrogen) atoms. The molecule has 1 aromatic carbocycles. The molecular weight excluding hydrogens is 342 g/mol. The summed E-state index contributed by atoms with van der Waals surface area (Å²) in [4.78, 5) is 22.6. The zero-order valence-corrected chi connectivity index (χ0v) is 14.6. The lowest BCUT2D eigenvalue weighted by atomic mass is 10.0. The number of rotatable bonds is 4. The SMILES string of the molecule is CC(N)c1cccc(-c2cc(-c3cncc(-c4ccc(=O)[nH]c4)n3)on2)c1. The number of H-pyrrole nitrogens is 1. The molecule has 0 radical (unpaired) electrons. The summed E-state index contributed by atoms with van der Waals surface area (Å²) in [6, 6.07) is 12.8. The third kappa shape index (κ3) is 3.54. The van der Waals surface area contributed by atoms with E-state index in [1.54, 1.807) is 24.7 Å². The van der Waals surface area contributed by atoms with E-state index in [4.69, 9.17) is 10.3 Å². The van der Waals surface area contributed by atoms with E-state index in [1.165, 1.54) is 6.07 Å². The van der Waals surface area contributed by atoms with Crippen LogP contribution in [0.3, 0.4) is 0 Å². The summed E-state index contributed by atoms with van der Waals surface area (Å²) in [6.07, 6.45) is 4.83. The van der Waals surface area contributed by atoms with Crippen LogP contribution in [0.4, 0.5) is 0 Å². The van der Waals surface area contributed by atoms with Crippen molar-refractivity contribution in [2.24, 2.45) is 5.73 Å². The van der Waals surface area contributed by atoms with Gasteiger partial charge in [0, 0.05) is 35.5 Å². The highest BCUT2D eigenvalue weighted by atomic mass is 16.5. The van der Waals surface area contributed by atoms with Crippen molar-refractivity contribution in [3.8, 4) is 34.0 Å². The summed E-state index contributed by atoms with van der Waals surface area (Å²) >= 11 is 0. The van der Waals surface area contributed by atoms with Crippen LogP contribution in [0.5, 0.6) is 0 Å². The van der Waals surface area contributed by atoms with Crippen molar-refractivity contribution in [1.29, 1.82) is 0 Å². The van der Waals surface area contributed by atoms with Crippen LogP contribution in [0.15, 0.2) is 70.4 Å². The van der Waals surface area contributed by atoms with Crippen molar-refractivity contribution < 1.29 is 4.52 Å². The van der Waals surface area contributed by atoms with Crippen molar-refractivity contribution in [2.45, 2.75) is 13.0 Å². The number of nitrogens with two attached hydrogens (primary N) is 1. The predicted octanol–water partition coefficient (Wildman–Crippen LogP) is 3.17. The Kier molecular flexibility index (Phi) is 4.35. The van der Waals surface area contributed by atoms with Gasteiger partial charge in [0.15, 0.2) is 5.76 Å². The zero-order chi connectivity index (χ0) is 18.8. The van der Waals surface area contributed by atoms with Crippen molar-refractivity contribution >= 4 is 0 Å².